The van der Waals surface area contributed by atoms with E-state index in [-0.39, 0.29) is 5.91 Å². The predicted molar refractivity (Wildman–Crippen MR) is 90.7 cm³/mol. The zero-order chi connectivity index (χ0) is 15.8. The van der Waals surface area contributed by atoms with Gasteiger partial charge in [-0.3, -0.25) is 4.79 Å². The molecule has 21 heavy (non-hydrogen) atoms. The van der Waals surface area contributed by atoms with Gasteiger partial charge in [-0.25, -0.2) is 0 Å². The molecule has 0 aliphatic heterocycles. The third kappa shape index (κ3) is 6.36. The minimum Gasteiger partial charge on any atom is -0.397 e. The van der Waals surface area contributed by atoms with Crippen molar-refractivity contribution in [1.29, 1.82) is 0 Å². The molecule has 1 aromatic rings. The van der Waals surface area contributed by atoms with E-state index in [1.807, 2.05) is 0 Å². The Morgan fingerprint density at radius 2 is 2.14 bits per heavy atom. The summed E-state index contributed by atoms with van der Waals surface area (Å²) >= 11 is 5.84. The Balaban J connectivity index is 2.46. The maximum absolute atomic E-state index is 12.0. The fourth-order valence-corrected chi connectivity index (χ4v) is 2.25. The monoisotopic (exact) mass is 311 g/mol. The summed E-state index contributed by atoms with van der Waals surface area (Å²) in [5.74, 6) is 0.631. The first-order chi connectivity index (χ1) is 9.96. The Bertz CT molecular complexity index is 465. The molecule has 0 saturated carbocycles. The Labute approximate surface area is 132 Å². The molecular formula is C16H26ClN3O. The van der Waals surface area contributed by atoms with E-state index in [0.29, 0.717) is 28.7 Å². The van der Waals surface area contributed by atoms with Gasteiger partial charge in [-0.15, -0.1) is 0 Å². The molecule has 0 fully saturated rings. The maximum atomic E-state index is 12.0. The fraction of sp³-hybridized carbons (Fsp3) is 0.562. The normalized spacial score (nSPS) is 12.4. The van der Waals surface area contributed by atoms with Crippen LogP contribution in [0.15, 0.2) is 18.2 Å². The largest absolute Gasteiger partial charge is 0.397 e. The van der Waals surface area contributed by atoms with Crippen molar-refractivity contribution in [2.24, 2.45) is 5.92 Å². The van der Waals surface area contributed by atoms with Crippen LogP contribution in [0.3, 0.4) is 0 Å². The van der Waals surface area contributed by atoms with Crippen molar-refractivity contribution in [3.63, 3.8) is 0 Å². The Hall–Kier alpha value is -1.26. The van der Waals surface area contributed by atoms with Gasteiger partial charge in [0, 0.05) is 24.5 Å². The predicted octanol–water partition coefficient (Wildman–Crippen LogP) is 3.62. The molecule has 0 spiro atoms. The number of nitrogens with zero attached hydrogens (tertiary/aromatic N) is 1. The van der Waals surface area contributed by atoms with E-state index in [2.05, 4.69) is 31.0 Å². The minimum absolute atomic E-state index is 0.0216. The summed E-state index contributed by atoms with van der Waals surface area (Å²) in [6.07, 6.45) is 1.62. The molecule has 0 bridgehead atoms. The molecule has 5 heteroatoms. The van der Waals surface area contributed by atoms with E-state index in [1.165, 1.54) is 0 Å². The molecule has 0 saturated heterocycles. The summed E-state index contributed by atoms with van der Waals surface area (Å²) in [4.78, 5) is 14.3. The smallest absolute Gasteiger partial charge is 0.225 e. The quantitative estimate of drug-likeness (QED) is 0.721. The van der Waals surface area contributed by atoms with Crippen LogP contribution < -0.4 is 11.1 Å². The van der Waals surface area contributed by atoms with Crippen LogP contribution in [-0.2, 0) is 4.79 Å². The highest BCUT2D eigenvalue weighted by Crippen LogP contribution is 2.22. The summed E-state index contributed by atoms with van der Waals surface area (Å²) in [5, 5.41) is 3.40. The number of nitrogens with one attached hydrogen (secondary N) is 1. The van der Waals surface area contributed by atoms with Gasteiger partial charge in [0.25, 0.3) is 0 Å². The van der Waals surface area contributed by atoms with E-state index in [9.17, 15) is 4.79 Å². The van der Waals surface area contributed by atoms with Crippen molar-refractivity contribution >= 4 is 28.9 Å². The number of hydrogen-bond acceptors (Lipinski definition) is 3. The Kier molecular flexibility index (Phi) is 7.54. The molecule has 4 nitrogen and oxygen atoms in total. The average molecular weight is 312 g/mol. The first-order valence-corrected chi connectivity index (χ1v) is 7.91. The lowest BCUT2D eigenvalue weighted by molar-refractivity contribution is -0.116. The van der Waals surface area contributed by atoms with Crippen LogP contribution in [0.2, 0.25) is 5.02 Å². The van der Waals surface area contributed by atoms with Crippen LogP contribution in [0.1, 0.15) is 33.6 Å². The van der Waals surface area contributed by atoms with Gasteiger partial charge in [0.15, 0.2) is 0 Å². The van der Waals surface area contributed by atoms with E-state index >= 15 is 0 Å². The second-order valence-corrected chi connectivity index (χ2v) is 5.87. The van der Waals surface area contributed by atoms with Gasteiger partial charge >= 0.3 is 0 Å². The molecule has 118 valence electrons. The molecule has 1 amide bonds. The lowest BCUT2D eigenvalue weighted by Gasteiger charge is -2.23. The minimum atomic E-state index is -0.0216. The highest BCUT2D eigenvalue weighted by Gasteiger charge is 2.11. The van der Waals surface area contributed by atoms with Gasteiger partial charge in [0.1, 0.15) is 0 Å². The second kappa shape index (κ2) is 8.90. The van der Waals surface area contributed by atoms with Crippen LogP contribution in [0.5, 0.6) is 0 Å². The van der Waals surface area contributed by atoms with Crippen LogP contribution in [0.25, 0.3) is 0 Å². The number of rotatable bonds is 8. The number of halogens is 1. The molecular weight excluding hydrogens is 286 g/mol. The Morgan fingerprint density at radius 1 is 1.43 bits per heavy atom. The first kappa shape index (κ1) is 17.8. The van der Waals surface area contributed by atoms with Gasteiger partial charge in [0.2, 0.25) is 5.91 Å². The zero-order valence-electron chi connectivity index (χ0n) is 13.2. The van der Waals surface area contributed by atoms with E-state index in [0.717, 1.165) is 26.1 Å². The summed E-state index contributed by atoms with van der Waals surface area (Å²) in [6.45, 7) is 9.30. The molecule has 1 rings (SSSR count). The summed E-state index contributed by atoms with van der Waals surface area (Å²) in [6, 6.07) is 5.08. The maximum Gasteiger partial charge on any atom is 0.225 e. The molecule has 3 N–H and O–H groups in total. The third-order valence-corrected chi connectivity index (χ3v) is 3.89. The number of benzene rings is 1. The van der Waals surface area contributed by atoms with Crippen molar-refractivity contribution in [2.75, 3.05) is 30.7 Å². The van der Waals surface area contributed by atoms with Crippen LogP contribution >= 0.6 is 11.6 Å². The number of amides is 1. The number of hydrogen-bond donors (Lipinski definition) is 2. The molecule has 0 heterocycles. The molecule has 0 aromatic heterocycles. The van der Waals surface area contributed by atoms with Crippen molar-refractivity contribution in [3.8, 4) is 0 Å². The summed E-state index contributed by atoms with van der Waals surface area (Å²) in [7, 11) is 0. The standard InChI is InChI=1S/C16H26ClN3O/c1-4-12(3)11-20(5-2)9-8-16(21)19-15-7-6-13(17)10-14(15)18/h6-7,10,12H,4-5,8-9,11,18H2,1-3H3,(H,19,21). The van der Waals surface area contributed by atoms with Gasteiger partial charge in [-0.1, -0.05) is 38.8 Å². The van der Waals surface area contributed by atoms with Gasteiger partial charge in [-0.2, -0.15) is 0 Å². The number of nitrogens with two attached hydrogens (primary N) is 1. The summed E-state index contributed by atoms with van der Waals surface area (Å²) < 4.78 is 0. The zero-order valence-corrected chi connectivity index (χ0v) is 13.9. The molecule has 0 aliphatic rings. The molecule has 0 aliphatic carbocycles. The SMILES string of the molecule is CCC(C)CN(CC)CCC(=O)Nc1ccc(Cl)cc1N. The highest BCUT2D eigenvalue weighted by atomic mass is 35.5. The van der Waals surface area contributed by atoms with E-state index in [4.69, 9.17) is 17.3 Å². The fourth-order valence-electron chi connectivity index (χ4n) is 2.07. The average Bonchev–Trinajstić information content (AvgIpc) is 2.46. The van der Waals surface area contributed by atoms with Crippen molar-refractivity contribution in [2.45, 2.75) is 33.6 Å². The molecule has 1 aromatic carbocycles. The number of nitrogen functional groups attached to an aromatic ring is 1. The van der Waals surface area contributed by atoms with Crippen molar-refractivity contribution in [1.82, 2.24) is 4.90 Å². The van der Waals surface area contributed by atoms with Crippen LogP contribution in [0.4, 0.5) is 11.4 Å². The van der Waals surface area contributed by atoms with Gasteiger partial charge in [-0.05, 0) is 30.7 Å². The van der Waals surface area contributed by atoms with Gasteiger partial charge in [0.05, 0.1) is 11.4 Å². The number of carbonyl (C=O) groups excluding carboxylic acids is 1. The Morgan fingerprint density at radius 3 is 2.71 bits per heavy atom. The van der Waals surface area contributed by atoms with Crippen LogP contribution in [0, 0.1) is 5.92 Å². The first-order valence-electron chi connectivity index (χ1n) is 7.53. The number of anilines is 2. The van der Waals surface area contributed by atoms with Gasteiger partial charge < -0.3 is 16.0 Å². The summed E-state index contributed by atoms with van der Waals surface area (Å²) in [5.41, 5.74) is 6.93. The second-order valence-electron chi connectivity index (χ2n) is 5.44. The van der Waals surface area contributed by atoms with E-state index in [1.54, 1.807) is 18.2 Å². The van der Waals surface area contributed by atoms with Crippen molar-refractivity contribution < 1.29 is 4.79 Å². The molecule has 1 unspecified atom stereocenters. The topological polar surface area (TPSA) is 58.4 Å². The van der Waals surface area contributed by atoms with E-state index < -0.39 is 0 Å². The lowest BCUT2D eigenvalue weighted by atomic mass is 10.1. The van der Waals surface area contributed by atoms with Crippen molar-refractivity contribution in [3.05, 3.63) is 23.2 Å². The molecule has 0 radical (unpaired) electrons. The lowest BCUT2D eigenvalue weighted by Crippen LogP contribution is -2.31. The van der Waals surface area contributed by atoms with Crippen LogP contribution in [-0.4, -0.2) is 30.4 Å². The highest BCUT2D eigenvalue weighted by molar-refractivity contribution is 6.31. The number of carbonyl (C=O) groups is 1. The third-order valence-electron chi connectivity index (χ3n) is 3.66. The molecule has 1 atom stereocenters.